The minimum Gasteiger partial charge on any atom is -0.288 e. The van der Waals surface area contributed by atoms with Gasteiger partial charge in [-0.15, -0.1) is 5.10 Å². The highest BCUT2D eigenvalue weighted by atomic mass is 16.1. The number of rotatable bonds is 4. The van der Waals surface area contributed by atoms with Crippen molar-refractivity contribution in [2.45, 2.75) is 26.7 Å². The van der Waals surface area contributed by atoms with Crippen LogP contribution in [-0.4, -0.2) is 14.8 Å². The zero-order valence-corrected chi connectivity index (χ0v) is 12.8. The molecule has 4 heteroatoms. The predicted molar refractivity (Wildman–Crippen MR) is 88.4 cm³/mol. The molecule has 0 saturated carbocycles. The lowest BCUT2D eigenvalue weighted by molar-refractivity contribution is 0.842. The largest absolute Gasteiger partial charge is 0.348 e. The molecule has 1 heterocycles. The Morgan fingerprint density at radius 1 is 1.00 bits per heavy atom. The van der Waals surface area contributed by atoms with Crippen LogP contribution in [0.25, 0.3) is 17.1 Å². The Morgan fingerprint density at radius 2 is 1.68 bits per heavy atom. The molecule has 0 spiro atoms. The van der Waals surface area contributed by atoms with Gasteiger partial charge in [0.25, 0.3) is 0 Å². The normalized spacial score (nSPS) is 10.8. The van der Waals surface area contributed by atoms with Gasteiger partial charge in [-0.05, 0) is 42.2 Å². The summed E-state index contributed by atoms with van der Waals surface area (Å²) in [5.74, 6) is 0.599. The molecule has 3 rings (SSSR count). The number of aromatic nitrogens is 3. The fraction of sp³-hybridized carbons (Fsp3) is 0.222. The van der Waals surface area contributed by atoms with Crippen LogP contribution < -0.4 is 5.69 Å². The van der Waals surface area contributed by atoms with Gasteiger partial charge in [0.15, 0.2) is 5.82 Å². The van der Waals surface area contributed by atoms with Crippen LogP contribution in [0, 0.1) is 0 Å². The number of benzene rings is 2. The quantitative estimate of drug-likeness (QED) is 0.802. The molecule has 0 amide bonds. The van der Waals surface area contributed by atoms with Crippen LogP contribution in [0.1, 0.15) is 25.0 Å². The van der Waals surface area contributed by atoms with Gasteiger partial charge in [0, 0.05) is 5.56 Å². The molecule has 22 heavy (non-hydrogen) atoms. The van der Waals surface area contributed by atoms with Crippen LogP contribution in [0.2, 0.25) is 0 Å². The Morgan fingerprint density at radius 3 is 2.41 bits per heavy atom. The molecule has 0 aliphatic rings. The van der Waals surface area contributed by atoms with Crippen molar-refractivity contribution in [3.63, 3.8) is 0 Å². The first kappa shape index (κ1) is 14.3. The Kier molecular flexibility index (Phi) is 3.92. The molecule has 0 bridgehead atoms. The van der Waals surface area contributed by atoms with E-state index >= 15 is 0 Å². The molecular formula is C18H19N3O. The highest BCUT2D eigenvalue weighted by Gasteiger charge is 2.09. The minimum atomic E-state index is -0.217. The molecule has 0 unspecified atom stereocenters. The van der Waals surface area contributed by atoms with E-state index in [1.807, 2.05) is 36.4 Å². The second-order valence-electron chi connectivity index (χ2n) is 5.27. The van der Waals surface area contributed by atoms with Gasteiger partial charge in [-0.2, -0.15) is 4.68 Å². The van der Waals surface area contributed by atoms with Gasteiger partial charge in [-0.1, -0.05) is 44.2 Å². The summed E-state index contributed by atoms with van der Waals surface area (Å²) in [5.41, 5.74) is 3.91. The third-order valence-corrected chi connectivity index (χ3v) is 3.79. The molecule has 3 aromatic rings. The van der Waals surface area contributed by atoms with Crippen molar-refractivity contribution >= 4 is 0 Å². The lowest BCUT2D eigenvalue weighted by Crippen LogP contribution is -2.15. The summed E-state index contributed by atoms with van der Waals surface area (Å²) in [7, 11) is 0. The highest BCUT2D eigenvalue weighted by Crippen LogP contribution is 2.17. The monoisotopic (exact) mass is 293 g/mol. The van der Waals surface area contributed by atoms with Crippen molar-refractivity contribution in [2.24, 2.45) is 0 Å². The smallest absolute Gasteiger partial charge is 0.288 e. The van der Waals surface area contributed by atoms with Crippen LogP contribution in [-0.2, 0) is 12.8 Å². The number of H-pyrrole nitrogens is 1. The summed E-state index contributed by atoms with van der Waals surface area (Å²) in [6, 6.07) is 16.0. The Labute approximate surface area is 129 Å². The lowest BCUT2D eigenvalue weighted by atomic mass is 10.1. The number of aryl methyl sites for hydroxylation is 2. The number of nitrogens with one attached hydrogen (secondary N) is 1. The van der Waals surface area contributed by atoms with Crippen LogP contribution >= 0.6 is 0 Å². The number of nitrogens with zero attached hydrogens (tertiary/aromatic N) is 2. The van der Waals surface area contributed by atoms with E-state index in [-0.39, 0.29) is 5.69 Å². The second-order valence-corrected chi connectivity index (χ2v) is 5.27. The van der Waals surface area contributed by atoms with Crippen molar-refractivity contribution in [3.05, 3.63) is 70.1 Å². The standard InChI is InChI=1S/C18H19N3O/c1-3-13-7-5-9-15(11-13)17-19-18(22)21(20-17)16-10-6-8-14(4-2)12-16/h5-12H,3-4H2,1-2H3,(H,19,20,22). The maximum atomic E-state index is 12.2. The van der Waals surface area contributed by atoms with Crippen LogP contribution in [0.5, 0.6) is 0 Å². The molecule has 0 aliphatic carbocycles. The SMILES string of the molecule is CCc1cccc(-c2nn(-c3cccc(CC)c3)c(=O)[nH]2)c1. The zero-order chi connectivity index (χ0) is 15.5. The van der Waals surface area contributed by atoms with Gasteiger partial charge >= 0.3 is 5.69 Å². The van der Waals surface area contributed by atoms with Crippen molar-refractivity contribution in [1.82, 2.24) is 14.8 Å². The van der Waals surface area contributed by atoms with Gasteiger partial charge in [0.2, 0.25) is 0 Å². The van der Waals surface area contributed by atoms with Crippen molar-refractivity contribution in [1.29, 1.82) is 0 Å². The van der Waals surface area contributed by atoms with Crippen LogP contribution in [0.3, 0.4) is 0 Å². The van der Waals surface area contributed by atoms with Crippen LogP contribution in [0.15, 0.2) is 53.3 Å². The maximum absolute atomic E-state index is 12.2. The van der Waals surface area contributed by atoms with E-state index < -0.39 is 0 Å². The fourth-order valence-corrected chi connectivity index (χ4v) is 2.48. The molecule has 1 N–H and O–H groups in total. The van der Waals surface area contributed by atoms with Gasteiger partial charge in [-0.3, -0.25) is 4.98 Å². The van der Waals surface area contributed by atoms with Gasteiger partial charge < -0.3 is 0 Å². The third kappa shape index (κ3) is 2.72. The zero-order valence-electron chi connectivity index (χ0n) is 12.8. The van der Waals surface area contributed by atoms with Gasteiger partial charge in [0.1, 0.15) is 0 Å². The molecule has 0 radical (unpaired) electrons. The molecule has 0 fully saturated rings. The first-order valence-electron chi connectivity index (χ1n) is 7.59. The topological polar surface area (TPSA) is 50.7 Å². The van der Waals surface area contributed by atoms with Gasteiger partial charge in [0.05, 0.1) is 5.69 Å². The third-order valence-electron chi connectivity index (χ3n) is 3.79. The highest BCUT2D eigenvalue weighted by molar-refractivity contribution is 5.55. The summed E-state index contributed by atoms with van der Waals surface area (Å²) >= 11 is 0. The summed E-state index contributed by atoms with van der Waals surface area (Å²) in [6.45, 7) is 4.20. The second kappa shape index (κ2) is 6.02. The van der Waals surface area contributed by atoms with E-state index in [4.69, 9.17) is 0 Å². The van der Waals surface area contributed by atoms with E-state index in [0.29, 0.717) is 5.82 Å². The molecule has 2 aromatic carbocycles. The van der Waals surface area contributed by atoms with Crippen LogP contribution in [0.4, 0.5) is 0 Å². The first-order chi connectivity index (χ1) is 10.7. The molecule has 0 aliphatic heterocycles. The number of aromatic amines is 1. The van der Waals surface area contributed by atoms with E-state index in [1.54, 1.807) is 0 Å². The van der Waals surface area contributed by atoms with Crippen molar-refractivity contribution in [3.8, 4) is 17.1 Å². The molecule has 0 saturated heterocycles. The molecule has 4 nitrogen and oxygen atoms in total. The van der Waals surface area contributed by atoms with Crippen molar-refractivity contribution in [2.75, 3.05) is 0 Å². The fourth-order valence-electron chi connectivity index (χ4n) is 2.48. The molecular weight excluding hydrogens is 274 g/mol. The van der Waals surface area contributed by atoms with E-state index in [1.165, 1.54) is 15.8 Å². The Hall–Kier alpha value is -2.62. The van der Waals surface area contributed by atoms with Gasteiger partial charge in [-0.25, -0.2) is 4.79 Å². The summed E-state index contributed by atoms with van der Waals surface area (Å²) in [6.07, 6.45) is 1.88. The minimum absolute atomic E-state index is 0.217. The number of hydrogen-bond donors (Lipinski definition) is 1. The molecule has 0 atom stereocenters. The van der Waals surface area contributed by atoms with E-state index in [0.717, 1.165) is 24.1 Å². The molecule has 1 aromatic heterocycles. The Bertz CT molecular complexity index is 845. The average molecular weight is 293 g/mol. The molecule has 112 valence electrons. The summed E-state index contributed by atoms with van der Waals surface area (Å²) < 4.78 is 1.42. The lowest BCUT2D eigenvalue weighted by Gasteiger charge is -2.02. The maximum Gasteiger partial charge on any atom is 0.348 e. The average Bonchev–Trinajstić information content (AvgIpc) is 2.97. The Balaban J connectivity index is 2.05. The summed E-state index contributed by atoms with van der Waals surface area (Å²) in [4.78, 5) is 15.1. The predicted octanol–water partition coefficient (Wildman–Crippen LogP) is 3.35. The first-order valence-corrected chi connectivity index (χ1v) is 7.59. The van der Waals surface area contributed by atoms with E-state index in [9.17, 15) is 4.79 Å². The van der Waals surface area contributed by atoms with Crippen molar-refractivity contribution < 1.29 is 0 Å². The van der Waals surface area contributed by atoms with E-state index in [2.05, 4.69) is 36.1 Å². The summed E-state index contributed by atoms with van der Waals surface area (Å²) in [5, 5.41) is 4.45. The number of hydrogen-bond acceptors (Lipinski definition) is 2.